The molecule has 7 heteroatoms. The normalized spacial score (nSPS) is 13.5. The molecule has 1 amide bonds. The van der Waals surface area contributed by atoms with Gasteiger partial charge in [0.2, 0.25) is 0 Å². The lowest BCUT2D eigenvalue weighted by atomic mass is 9.98. The summed E-state index contributed by atoms with van der Waals surface area (Å²) in [5.41, 5.74) is 4.55. The minimum atomic E-state index is -1.06. The Morgan fingerprint density at radius 2 is 1.67 bits per heavy atom. The first-order valence-corrected chi connectivity index (χ1v) is 11.2. The van der Waals surface area contributed by atoms with E-state index in [2.05, 4.69) is 17.4 Å². The van der Waals surface area contributed by atoms with Crippen LogP contribution in [-0.2, 0) is 9.53 Å². The van der Waals surface area contributed by atoms with E-state index in [1.165, 1.54) is 10.8 Å². The fourth-order valence-electron chi connectivity index (χ4n) is 3.16. The fraction of sp³-hybridized carbons (Fsp3) is 0.300. The van der Waals surface area contributed by atoms with Crippen molar-refractivity contribution in [1.29, 1.82) is 0 Å². The average molecular weight is 404 g/mol. The van der Waals surface area contributed by atoms with Gasteiger partial charge in [0.15, 0.2) is 0 Å². The molecule has 0 heterocycles. The smallest absolute Gasteiger partial charge is 0.407 e. The van der Waals surface area contributed by atoms with Crippen LogP contribution in [0.25, 0.3) is 11.1 Å². The molecular formula is C20H21NO4S2. The summed E-state index contributed by atoms with van der Waals surface area (Å²) in [6, 6.07) is 15.2. The lowest BCUT2D eigenvalue weighted by Gasteiger charge is -2.17. The Hall–Kier alpha value is -2.12. The summed E-state index contributed by atoms with van der Waals surface area (Å²) >= 11 is 0. The van der Waals surface area contributed by atoms with E-state index in [0.29, 0.717) is 0 Å². The van der Waals surface area contributed by atoms with E-state index >= 15 is 0 Å². The largest absolute Gasteiger partial charge is 0.480 e. The number of nitrogens with one attached hydrogen (secondary N) is 1. The number of hydrogen-bond donors (Lipinski definition) is 2. The molecule has 2 N–H and O–H groups in total. The van der Waals surface area contributed by atoms with Crippen LogP contribution >= 0.6 is 21.6 Å². The number of fused-ring (bicyclic) bond motifs is 3. The number of carboxylic acids is 1. The maximum Gasteiger partial charge on any atom is 0.407 e. The zero-order chi connectivity index (χ0) is 19.2. The summed E-state index contributed by atoms with van der Waals surface area (Å²) in [6.07, 6.45) is -0.702. The van der Waals surface area contributed by atoms with Crippen molar-refractivity contribution in [2.45, 2.75) is 18.9 Å². The summed E-state index contributed by atoms with van der Waals surface area (Å²) in [5, 5.41) is 11.7. The molecule has 0 aliphatic heterocycles. The standard InChI is InChI=1S/C20H21NO4S2/c1-2-26-27-12-18(19(22)23)21-20(24)25-11-17-15-9-5-3-7-13(15)14-8-4-6-10-16(14)17/h3-10,17-18H,2,11-12H2,1H3,(H,21,24)(H,22,23)/t18-/m1/s1. The Morgan fingerprint density at radius 3 is 2.22 bits per heavy atom. The van der Waals surface area contributed by atoms with Crippen molar-refractivity contribution in [2.24, 2.45) is 0 Å². The SMILES string of the molecule is CCSSC[C@@H](NC(=O)OCC1c2ccccc2-c2ccccc21)C(=O)O. The third-order valence-electron chi connectivity index (χ3n) is 4.37. The monoisotopic (exact) mass is 403 g/mol. The van der Waals surface area contributed by atoms with Gasteiger partial charge in [-0.2, -0.15) is 0 Å². The van der Waals surface area contributed by atoms with Crippen molar-refractivity contribution < 1.29 is 19.4 Å². The number of amides is 1. The molecule has 1 aliphatic carbocycles. The Labute approximate surface area is 166 Å². The van der Waals surface area contributed by atoms with E-state index in [4.69, 9.17) is 4.74 Å². The Kier molecular flexibility index (Phi) is 6.68. The first-order valence-electron chi connectivity index (χ1n) is 8.70. The van der Waals surface area contributed by atoms with Crippen molar-refractivity contribution in [1.82, 2.24) is 5.32 Å². The van der Waals surface area contributed by atoms with Crippen LogP contribution in [0.4, 0.5) is 4.79 Å². The third-order valence-corrected chi connectivity index (χ3v) is 6.86. The first-order chi connectivity index (χ1) is 13.1. The minimum Gasteiger partial charge on any atom is -0.480 e. The van der Waals surface area contributed by atoms with Crippen LogP contribution < -0.4 is 5.32 Å². The Balaban J connectivity index is 1.64. The summed E-state index contributed by atoms with van der Waals surface area (Å²) in [4.78, 5) is 23.5. The Bertz CT molecular complexity index is 782. The molecule has 1 aliphatic rings. The number of aliphatic carboxylic acids is 1. The van der Waals surface area contributed by atoms with Gasteiger partial charge in [-0.15, -0.1) is 0 Å². The predicted octanol–water partition coefficient (Wildman–Crippen LogP) is 4.38. The van der Waals surface area contributed by atoms with Gasteiger partial charge in [0.1, 0.15) is 12.6 Å². The maximum atomic E-state index is 12.2. The van der Waals surface area contributed by atoms with Gasteiger partial charge >= 0.3 is 12.1 Å². The summed E-state index contributed by atoms with van der Waals surface area (Å²) in [7, 11) is 2.98. The minimum absolute atomic E-state index is 0.0450. The van der Waals surface area contributed by atoms with E-state index in [1.54, 1.807) is 10.8 Å². The molecule has 142 valence electrons. The van der Waals surface area contributed by atoms with Crippen LogP contribution in [0.5, 0.6) is 0 Å². The molecule has 0 saturated heterocycles. The van der Waals surface area contributed by atoms with Gasteiger partial charge in [-0.05, 0) is 22.3 Å². The lowest BCUT2D eigenvalue weighted by Crippen LogP contribution is -2.43. The lowest BCUT2D eigenvalue weighted by molar-refractivity contribution is -0.138. The first kappa shape index (κ1) is 19.6. The van der Waals surface area contributed by atoms with Gasteiger partial charge in [0.25, 0.3) is 0 Å². The number of rotatable bonds is 8. The third kappa shape index (κ3) is 4.59. The molecule has 0 aromatic heterocycles. The summed E-state index contributed by atoms with van der Waals surface area (Å²) < 4.78 is 5.40. The molecule has 27 heavy (non-hydrogen) atoms. The van der Waals surface area contributed by atoms with E-state index < -0.39 is 18.1 Å². The second-order valence-corrected chi connectivity index (χ2v) is 8.85. The highest BCUT2D eigenvalue weighted by atomic mass is 33.1. The quantitative estimate of drug-likeness (QED) is 0.503. The van der Waals surface area contributed by atoms with Gasteiger partial charge in [0.05, 0.1) is 0 Å². The summed E-state index contributed by atoms with van der Waals surface area (Å²) in [6.45, 7) is 2.16. The molecule has 3 rings (SSSR count). The number of ether oxygens (including phenoxy) is 1. The van der Waals surface area contributed by atoms with Crippen molar-refractivity contribution in [3.05, 3.63) is 59.7 Å². The van der Waals surface area contributed by atoms with Crippen LogP contribution in [-0.4, -0.2) is 41.3 Å². The zero-order valence-electron chi connectivity index (χ0n) is 14.9. The Morgan fingerprint density at radius 1 is 1.07 bits per heavy atom. The highest BCUT2D eigenvalue weighted by molar-refractivity contribution is 8.76. The van der Waals surface area contributed by atoms with E-state index in [9.17, 15) is 14.7 Å². The van der Waals surface area contributed by atoms with Gasteiger partial charge in [0, 0.05) is 17.4 Å². The second-order valence-electron chi connectivity index (χ2n) is 6.05. The maximum absolute atomic E-state index is 12.2. The number of hydrogen-bond acceptors (Lipinski definition) is 5. The van der Waals surface area contributed by atoms with Gasteiger partial charge < -0.3 is 15.2 Å². The molecule has 2 aromatic carbocycles. The number of carbonyl (C=O) groups is 2. The van der Waals surface area contributed by atoms with Crippen LogP contribution in [0.15, 0.2) is 48.5 Å². The van der Waals surface area contributed by atoms with Crippen molar-refractivity contribution in [3.8, 4) is 11.1 Å². The van der Waals surface area contributed by atoms with E-state index in [0.717, 1.165) is 28.0 Å². The number of alkyl carbamates (subject to hydrolysis) is 1. The molecular weight excluding hydrogens is 382 g/mol. The second kappa shape index (κ2) is 9.19. The van der Waals surface area contributed by atoms with Gasteiger partial charge in [-0.1, -0.05) is 77.0 Å². The van der Waals surface area contributed by atoms with E-state index in [1.807, 2.05) is 43.3 Å². The highest BCUT2D eigenvalue weighted by Gasteiger charge is 2.29. The molecule has 0 spiro atoms. The van der Waals surface area contributed by atoms with Crippen LogP contribution in [0.1, 0.15) is 24.0 Å². The highest BCUT2D eigenvalue weighted by Crippen LogP contribution is 2.44. The molecule has 5 nitrogen and oxygen atoms in total. The van der Waals surface area contributed by atoms with Crippen molar-refractivity contribution in [3.63, 3.8) is 0 Å². The predicted molar refractivity (Wildman–Crippen MR) is 110 cm³/mol. The topological polar surface area (TPSA) is 75.6 Å². The van der Waals surface area contributed by atoms with Gasteiger partial charge in [-0.3, -0.25) is 0 Å². The number of benzene rings is 2. The van der Waals surface area contributed by atoms with Crippen molar-refractivity contribution in [2.75, 3.05) is 18.1 Å². The van der Waals surface area contributed by atoms with Crippen LogP contribution in [0.2, 0.25) is 0 Å². The molecule has 0 unspecified atom stereocenters. The molecule has 0 saturated carbocycles. The fourth-order valence-corrected chi connectivity index (χ4v) is 4.98. The molecule has 2 aromatic rings. The van der Waals surface area contributed by atoms with Crippen molar-refractivity contribution >= 4 is 33.7 Å². The van der Waals surface area contributed by atoms with E-state index in [-0.39, 0.29) is 18.3 Å². The number of carboxylic acid groups (broad SMARTS) is 1. The van der Waals surface area contributed by atoms with Crippen LogP contribution in [0.3, 0.4) is 0 Å². The average Bonchev–Trinajstić information content (AvgIpc) is 2.99. The molecule has 0 fully saturated rings. The number of carbonyl (C=O) groups excluding carboxylic acids is 1. The summed E-state index contributed by atoms with van der Waals surface area (Å²) in [5.74, 6) is 0.0594. The van der Waals surface area contributed by atoms with Crippen LogP contribution in [0, 0.1) is 0 Å². The molecule has 1 atom stereocenters. The zero-order valence-corrected chi connectivity index (χ0v) is 16.5. The molecule has 0 bridgehead atoms. The molecule has 0 radical (unpaired) electrons. The van der Waals surface area contributed by atoms with Gasteiger partial charge in [-0.25, -0.2) is 9.59 Å².